The van der Waals surface area contributed by atoms with E-state index in [2.05, 4.69) is 10.6 Å². The molecule has 0 atom stereocenters. The average molecular weight is 214 g/mol. The fourth-order valence-corrected chi connectivity index (χ4v) is 1.82. The topological polar surface area (TPSA) is 78.4 Å². The molecule has 0 bridgehead atoms. The van der Waals surface area contributed by atoms with Crippen LogP contribution in [0.5, 0.6) is 0 Å². The van der Waals surface area contributed by atoms with Crippen LogP contribution in [0.1, 0.15) is 32.6 Å². The lowest BCUT2D eigenvalue weighted by Gasteiger charge is -2.41. The number of hydrogen-bond acceptors (Lipinski definition) is 3. The van der Waals surface area contributed by atoms with Crippen LogP contribution in [0.25, 0.3) is 0 Å². The number of likely N-dealkylation sites (N-methyl/N-ethyl adjacent to an activating group) is 1. The van der Waals surface area contributed by atoms with Crippen molar-refractivity contribution in [2.45, 2.75) is 38.1 Å². The largest absolute Gasteiger partial charge is 0.481 e. The number of carboxylic acid groups (broad SMARTS) is 1. The van der Waals surface area contributed by atoms with Gasteiger partial charge >= 0.3 is 5.97 Å². The van der Waals surface area contributed by atoms with E-state index in [0.29, 0.717) is 0 Å². The molecule has 1 aliphatic rings. The van der Waals surface area contributed by atoms with Gasteiger partial charge in [0.25, 0.3) is 0 Å². The van der Waals surface area contributed by atoms with Crippen molar-refractivity contribution in [1.29, 1.82) is 0 Å². The number of nitrogens with one attached hydrogen (secondary N) is 2. The molecule has 15 heavy (non-hydrogen) atoms. The molecule has 0 heterocycles. The number of hydrogen-bond donors (Lipinski definition) is 3. The van der Waals surface area contributed by atoms with Gasteiger partial charge in [-0.3, -0.25) is 9.59 Å². The van der Waals surface area contributed by atoms with Crippen LogP contribution in [-0.4, -0.2) is 35.6 Å². The van der Waals surface area contributed by atoms with Crippen LogP contribution in [-0.2, 0) is 9.59 Å². The third kappa shape index (κ3) is 3.51. The van der Waals surface area contributed by atoms with E-state index >= 15 is 0 Å². The van der Waals surface area contributed by atoms with E-state index < -0.39 is 11.5 Å². The first-order chi connectivity index (χ1) is 7.08. The van der Waals surface area contributed by atoms with E-state index in [1.54, 1.807) is 0 Å². The highest BCUT2D eigenvalue weighted by atomic mass is 16.4. The minimum absolute atomic E-state index is 0.0326. The second-order valence-corrected chi connectivity index (χ2v) is 4.03. The molecule has 1 amide bonds. The number of rotatable bonds is 6. The maximum absolute atomic E-state index is 11.4. The lowest BCUT2D eigenvalue weighted by atomic mass is 9.74. The molecule has 1 fully saturated rings. The molecule has 0 aliphatic heterocycles. The fraction of sp³-hybridized carbons (Fsp3) is 0.800. The van der Waals surface area contributed by atoms with Crippen molar-refractivity contribution in [3.63, 3.8) is 0 Å². The first kappa shape index (κ1) is 12.0. The summed E-state index contributed by atoms with van der Waals surface area (Å²) < 4.78 is 0. The van der Waals surface area contributed by atoms with E-state index in [4.69, 9.17) is 5.11 Å². The highest BCUT2D eigenvalue weighted by Gasteiger charge is 2.40. The maximum Gasteiger partial charge on any atom is 0.305 e. The van der Waals surface area contributed by atoms with Crippen LogP contribution in [0.15, 0.2) is 0 Å². The highest BCUT2D eigenvalue weighted by molar-refractivity contribution is 5.80. The SMILES string of the molecule is CCNCC(=O)NC1(CC(=O)O)CCC1. The summed E-state index contributed by atoms with van der Waals surface area (Å²) in [5, 5.41) is 14.5. The zero-order valence-electron chi connectivity index (χ0n) is 9.01. The van der Waals surface area contributed by atoms with Crippen molar-refractivity contribution >= 4 is 11.9 Å². The summed E-state index contributed by atoms with van der Waals surface area (Å²) >= 11 is 0. The Kier molecular flexibility index (Phi) is 4.08. The molecule has 0 radical (unpaired) electrons. The minimum atomic E-state index is -0.849. The van der Waals surface area contributed by atoms with Crippen LogP contribution in [0.3, 0.4) is 0 Å². The Balaban J connectivity index is 2.38. The first-order valence-electron chi connectivity index (χ1n) is 5.31. The molecule has 0 aromatic carbocycles. The Morgan fingerprint density at radius 1 is 1.40 bits per heavy atom. The van der Waals surface area contributed by atoms with Gasteiger partial charge in [-0.15, -0.1) is 0 Å². The number of amides is 1. The molecule has 3 N–H and O–H groups in total. The molecule has 0 spiro atoms. The van der Waals surface area contributed by atoms with Gasteiger partial charge in [-0.05, 0) is 25.8 Å². The van der Waals surface area contributed by atoms with E-state index in [9.17, 15) is 9.59 Å². The van der Waals surface area contributed by atoms with Crippen molar-refractivity contribution in [2.75, 3.05) is 13.1 Å². The van der Waals surface area contributed by atoms with Crippen molar-refractivity contribution in [3.05, 3.63) is 0 Å². The standard InChI is InChI=1S/C10H18N2O3/c1-2-11-7-8(13)12-10(4-3-5-10)6-9(14)15/h11H,2-7H2,1H3,(H,12,13)(H,14,15). The van der Waals surface area contributed by atoms with Gasteiger partial charge in [0.2, 0.25) is 5.91 Å². The van der Waals surface area contributed by atoms with Crippen molar-refractivity contribution in [2.24, 2.45) is 0 Å². The van der Waals surface area contributed by atoms with Crippen LogP contribution in [0.4, 0.5) is 0 Å². The maximum atomic E-state index is 11.4. The van der Waals surface area contributed by atoms with E-state index in [-0.39, 0.29) is 18.9 Å². The second-order valence-electron chi connectivity index (χ2n) is 4.03. The number of carboxylic acids is 1. The molecule has 0 saturated heterocycles. The molecular weight excluding hydrogens is 196 g/mol. The summed E-state index contributed by atoms with van der Waals surface area (Å²) in [6, 6.07) is 0. The number of carbonyl (C=O) groups excluding carboxylic acids is 1. The average Bonchev–Trinajstić information content (AvgIpc) is 2.10. The van der Waals surface area contributed by atoms with Crippen molar-refractivity contribution in [3.8, 4) is 0 Å². The van der Waals surface area contributed by atoms with Gasteiger partial charge in [0.15, 0.2) is 0 Å². The molecular formula is C10H18N2O3. The lowest BCUT2D eigenvalue weighted by Crippen LogP contribution is -2.56. The third-order valence-corrected chi connectivity index (χ3v) is 2.74. The summed E-state index contributed by atoms with van der Waals surface area (Å²) in [6.45, 7) is 2.92. The van der Waals surface area contributed by atoms with Crippen molar-refractivity contribution in [1.82, 2.24) is 10.6 Å². The summed E-state index contributed by atoms with van der Waals surface area (Å²) in [5.41, 5.74) is -0.474. The van der Waals surface area contributed by atoms with Crippen LogP contribution in [0, 0.1) is 0 Å². The predicted molar refractivity (Wildman–Crippen MR) is 55.5 cm³/mol. The van der Waals surface area contributed by atoms with Gasteiger partial charge in [0.1, 0.15) is 0 Å². The predicted octanol–water partition coefficient (Wildman–Crippen LogP) is 0.109. The fourth-order valence-electron chi connectivity index (χ4n) is 1.82. The van der Waals surface area contributed by atoms with Gasteiger partial charge in [0, 0.05) is 0 Å². The smallest absolute Gasteiger partial charge is 0.305 e. The lowest BCUT2D eigenvalue weighted by molar-refractivity contribution is -0.140. The van der Waals surface area contributed by atoms with Gasteiger partial charge in [-0.2, -0.15) is 0 Å². The van der Waals surface area contributed by atoms with Gasteiger partial charge < -0.3 is 15.7 Å². The summed E-state index contributed by atoms with van der Waals surface area (Å²) in [5.74, 6) is -0.962. The normalized spacial score (nSPS) is 17.9. The zero-order chi connectivity index (χ0) is 11.3. The molecule has 1 rings (SSSR count). The highest BCUT2D eigenvalue weighted by Crippen LogP contribution is 2.34. The quantitative estimate of drug-likeness (QED) is 0.586. The molecule has 1 aliphatic carbocycles. The number of aliphatic carboxylic acids is 1. The Hall–Kier alpha value is -1.10. The summed E-state index contributed by atoms with van der Waals surface area (Å²) in [7, 11) is 0. The van der Waals surface area contributed by atoms with Crippen LogP contribution < -0.4 is 10.6 Å². The molecule has 86 valence electrons. The van der Waals surface area contributed by atoms with Gasteiger partial charge in [-0.25, -0.2) is 0 Å². The monoisotopic (exact) mass is 214 g/mol. The van der Waals surface area contributed by atoms with Gasteiger partial charge in [-0.1, -0.05) is 6.92 Å². The third-order valence-electron chi connectivity index (χ3n) is 2.74. The van der Waals surface area contributed by atoms with Crippen molar-refractivity contribution < 1.29 is 14.7 Å². The Labute approximate surface area is 89.2 Å². The molecule has 0 aromatic heterocycles. The van der Waals surface area contributed by atoms with E-state index in [1.807, 2.05) is 6.92 Å². The molecule has 5 heteroatoms. The summed E-state index contributed by atoms with van der Waals surface area (Å²) in [6.07, 6.45) is 2.58. The Morgan fingerprint density at radius 3 is 2.47 bits per heavy atom. The zero-order valence-corrected chi connectivity index (χ0v) is 9.01. The van der Waals surface area contributed by atoms with Gasteiger partial charge in [0.05, 0.1) is 18.5 Å². The second kappa shape index (κ2) is 5.11. The number of carbonyl (C=O) groups is 2. The molecule has 5 nitrogen and oxygen atoms in total. The molecule has 1 saturated carbocycles. The van der Waals surface area contributed by atoms with Crippen LogP contribution >= 0.6 is 0 Å². The minimum Gasteiger partial charge on any atom is -0.481 e. The Bertz CT molecular complexity index is 249. The molecule has 0 unspecified atom stereocenters. The molecule has 0 aromatic rings. The van der Waals surface area contributed by atoms with E-state index in [0.717, 1.165) is 25.8 Å². The summed E-state index contributed by atoms with van der Waals surface area (Å²) in [4.78, 5) is 22.1. The Morgan fingerprint density at radius 2 is 2.07 bits per heavy atom. The van der Waals surface area contributed by atoms with E-state index in [1.165, 1.54) is 0 Å². The van der Waals surface area contributed by atoms with Crippen LogP contribution in [0.2, 0.25) is 0 Å². The first-order valence-corrected chi connectivity index (χ1v) is 5.31.